The van der Waals surface area contributed by atoms with Crippen molar-refractivity contribution in [3.63, 3.8) is 0 Å². The average Bonchev–Trinajstić information content (AvgIpc) is 2.46. The number of pyridine rings is 1. The van der Waals surface area contributed by atoms with Gasteiger partial charge in [-0.25, -0.2) is 9.78 Å². The van der Waals surface area contributed by atoms with Gasteiger partial charge in [0.05, 0.1) is 5.56 Å². The summed E-state index contributed by atoms with van der Waals surface area (Å²) in [5, 5.41) is 11.2. The van der Waals surface area contributed by atoms with Crippen LogP contribution in [0.1, 0.15) is 16.1 Å². The molecule has 0 aliphatic carbocycles. The number of carbonyl (C=O) groups excluding carboxylic acids is 1. The summed E-state index contributed by atoms with van der Waals surface area (Å²) < 4.78 is 4.61. The van der Waals surface area contributed by atoms with Gasteiger partial charge in [0.15, 0.2) is 0 Å². The summed E-state index contributed by atoms with van der Waals surface area (Å²) in [4.78, 5) is 26.7. The lowest BCUT2D eigenvalue weighted by molar-refractivity contribution is 0.102. The van der Waals surface area contributed by atoms with E-state index in [1.165, 1.54) is 6.07 Å². The number of hydrogen-bond acceptors (Lipinski definition) is 5. The Bertz CT molecular complexity index is 720. The van der Waals surface area contributed by atoms with Gasteiger partial charge in [0.1, 0.15) is 24.4 Å². The molecular formula is C14H10N2O4. The zero-order valence-corrected chi connectivity index (χ0v) is 10.3. The van der Waals surface area contributed by atoms with Crippen molar-refractivity contribution in [2.75, 3.05) is 11.9 Å². The van der Waals surface area contributed by atoms with Gasteiger partial charge in [-0.15, -0.1) is 0 Å². The van der Waals surface area contributed by atoms with E-state index in [1.807, 2.05) is 0 Å². The number of anilines is 1. The molecule has 100 valence electrons. The number of aromatic nitrogens is 1. The Kier molecular flexibility index (Phi) is 4.27. The fourth-order valence-electron chi connectivity index (χ4n) is 1.38. The van der Waals surface area contributed by atoms with Crippen LogP contribution in [0.2, 0.25) is 0 Å². The average molecular weight is 270 g/mol. The normalized spacial score (nSPS) is 9.45. The van der Waals surface area contributed by atoms with Crippen LogP contribution in [0.5, 0.6) is 0 Å². The second-order valence-corrected chi connectivity index (χ2v) is 3.67. The molecule has 0 bridgehead atoms. The van der Waals surface area contributed by atoms with E-state index >= 15 is 0 Å². The van der Waals surface area contributed by atoms with Crippen LogP contribution >= 0.6 is 0 Å². The number of aliphatic hydroxyl groups excluding tert-OH is 1. The first-order valence-electron chi connectivity index (χ1n) is 5.66. The molecule has 2 aromatic heterocycles. The fraction of sp³-hybridized carbons (Fsp3) is 0.0714. The van der Waals surface area contributed by atoms with Gasteiger partial charge in [0.25, 0.3) is 5.91 Å². The summed E-state index contributed by atoms with van der Waals surface area (Å²) in [7, 11) is 0. The molecule has 0 aliphatic rings. The van der Waals surface area contributed by atoms with Gasteiger partial charge in [-0.3, -0.25) is 4.79 Å². The molecule has 6 heteroatoms. The van der Waals surface area contributed by atoms with Gasteiger partial charge < -0.3 is 14.8 Å². The van der Waals surface area contributed by atoms with E-state index in [2.05, 4.69) is 26.6 Å². The molecule has 0 atom stereocenters. The quantitative estimate of drug-likeness (QED) is 0.781. The maximum Gasteiger partial charge on any atom is 0.335 e. The number of carbonyl (C=O) groups is 1. The lowest BCUT2D eigenvalue weighted by Gasteiger charge is -2.03. The van der Waals surface area contributed by atoms with Crippen LogP contribution in [0.25, 0.3) is 0 Å². The third-order valence-electron chi connectivity index (χ3n) is 2.25. The molecule has 0 radical (unpaired) electrons. The lowest BCUT2D eigenvalue weighted by atomic mass is 10.3. The van der Waals surface area contributed by atoms with Gasteiger partial charge >= 0.3 is 5.63 Å². The molecule has 2 rings (SSSR count). The van der Waals surface area contributed by atoms with Crippen molar-refractivity contribution in [1.82, 2.24) is 4.98 Å². The number of amides is 1. The highest BCUT2D eigenvalue weighted by Crippen LogP contribution is 2.06. The van der Waals surface area contributed by atoms with Gasteiger partial charge in [-0.1, -0.05) is 12.0 Å². The first-order valence-corrected chi connectivity index (χ1v) is 5.66. The van der Waals surface area contributed by atoms with Gasteiger partial charge in [-0.2, -0.15) is 0 Å². The van der Waals surface area contributed by atoms with Gasteiger partial charge in [-0.05, 0) is 24.1 Å². The highest BCUT2D eigenvalue weighted by Gasteiger charge is 2.07. The second-order valence-electron chi connectivity index (χ2n) is 3.67. The SMILES string of the molecule is O=C(Nc1cccc(C#CCO)n1)c1ccc(=O)oc1. The molecule has 20 heavy (non-hydrogen) atoms. The van der Waals surface area contributed by atoms with Crippen LogP contribution in [0, 0.1) is 11.8 Å². The summed E-state index contributed by atoms with van der Waals surface area (Å²) in [6.07, 6.45) is 1.08. The summed E-state index contributed by atoms with van der Waals surface area (Å²) in [6.45, 7) is -0.263. The Morgan fingerprint density at radius 2 is 2.20 bits per heavy atom. The first-order chi connectivity index (χ1) is 9.69. The van der Waals surface area contributed by atoms with Crippen molar-refractivity contribution in [2.24, 2.45) is 0 Å². The van der Waals surface area contributed by atoms with E-state index in [9.17, 15) is 9.59 Å². The molecule has 0 spiro atoms. The number of rotatable bonds is 2. The summed E-state index contributed by atoms with van der Waals surface area (Å²) in [5.74, 6) is 4.96. The minimum atomic E-state index is -0.527. The molecule has 0 unspecified atom stereocenters. The van der Waals surface area contributed by atoms with Crippen LogP contribution in [-0.4, -0.2) is 22.6 Å². The maximum absolute atomic E-state index is 11.9. The standard InChI is InChI=1S/C14H10N2O4/c17-8-2-4-11-3-1-5-12(15-11)16-14(19)10-6-7-13(18)20-9-10/h1,3,5-7,9,17H,8H2,(H,15,16,19). The fourth-order valence-corrected chi connectivity index (χ4v) is 1.38. The minimum Gasteiger partial charge on any atom is -0.430 e. The highest BCUT2D eigenvalue weighted by atomic mass is 16.4. The van der Waals surface area contributed by atoms with E-state index in [-0.39, 0.29) is 12.2 Å². The number of hydrogen-bond donors (Lipinski definition) is 2. The topological polar surface area (TPSA) is 92.4 Å². The predicted octanol–water partition coefficient (Wildman–Crippen LogP) is 0.631. The molecule has 1 amide bonds. The van der Waals surface area contributed by atoms with Gasteiger partial charge in [0, 0.05) is 6.07 Å². The van der Waals surface area contributed by atoms with Crippen molar-refractivity contribution in [1.29, 1.82) is 0 Å². The molecule has 6 nitrogen and oxygen atoms in total. The zero-order valence-electron chi connectivity index (χ0n) is 10.3. The van der Waals surface area contributed by atoms with E-state index in [0.717, 1.165) is 12.3 Å². The Labute approximate surface area is 114 Å². The molecule has 0 fully saturated rings. The largest absolute Gasteiger partial charge is 0.430 e. The van der Waals surface area contributed by atoms with Crippen LogP contribution < -0.4 is 10.9 Å². The van der Waals surface area contributed by atoms with Crippen molar-refractivity contribution in [3.05, 3.63) is 58.3 Å². The third-order valence-corrected chi connectivity index (χ3v) is 2.25. The predicted molar refractivity (Wildman–Crippen MR) is 71.1 cm³/mol. The number of nitrogens with one attached hydrogen (secondary N) is 1. The lowest BCUT2D eigenvalue weighted by Crippen LogP contribution is -2.14. The Morgan fingerprint density at radius 3 is 2.90 bits per heavy atom. The number of aliphatic hydroxyl groups is 1. The second kappa shape index (κ2) is 6.31. The summed E-state index contributed by atoms with van der Waals surface area (Å²) in [5.41, 5.74) is 0.107. The smallest absolute Gasteiger partial charge is 0.335 e. The van der Waals surface area contributed by atoms with Crippen molar-refractivity contribution < 1.29 is 14.3 Å². The first kappa shape index (κ1) is 13.5. The van der Waals surface area contributed by atoms with Crippen LogP contribution in [0.4, 0.5) is 5.82 Å². The molecule has 0 aromatic carbocycles. The van der Waals surface area contributed by atoms with Crippen LogP contribution in [0.15, 0.2) is 45.8 Å². The summed E-state index contributed by atoms with van der Waals surface area (Å²) >= 11 is 0. The molecule has 0 saturated heterocycles. The van der Waals surface area contributed by atoms with Gasteiger partial charge in [0.2, 0.25) is 0 Å². The monoisotopic (exact) mass is 270 g/mol. The van der Waals surface area contributed by atoms with E-state index in [0.29, 0.717) is 11.5 Å². The van der Waals surface area contributed by atoms with Crippen LogP contribution in [-0.2, 0) is 0 Å². The number of nitrogens with zero attached hydrogens (tertiary/aromatic N) is 1. The minimum absolute atomic E-state index is 0.207. The zero-order chi connectivity index (χ0) is 14.4. The third kappa shape index (κ3) is 3.54. The molecule has 0 saturated carbocycles. The highest BCUT2D eigenvalue weighted by molar-refractivity contribution is 6.03. The molecular weight excluding hydrogens is 260 g/mol. The molecule has 2 heterocycles. The Morgan fingerprint density at radius 1 is 1.35 bits per heavy atom. The van der Waals surface area contributed by atoms with E-state index in [1.54, 1.807) is 18.2 Å². The Balaban J connectivity index is 2.15. The van der Waals surface area contributed by atoms with Crippen molar-refractivity contribution in [2.45, 2.75) is 0 Å². The van der Waals surface area contributed by atoms with E-state index < -0.39 is 11.5 Å². The maximum atomic E-state index is 11.9. The molecule has 0 aliphatic heterocycles. The van der Waals surface area contributed by atoms with E-state index in [4.69, 9.17) is 5.11 Å². The van der Waals surface area contributed by atoms with Crippen molar-refractivity contribution in [3.8, 4) is 11.8 Å². The Hall–Kier alpha value is -2.91. The van der Waals surface area contributed by atoms with Crippen molar-refractivity contribution >= 4 is 11.7 Å². The molecule has 2 N–H and O–H groups in total. The van der Waals surface area contributed by atoms with Crippen LogP contribution in [0.3, 0.4) is 0 Å². The summed E-state index contributed by atoms with van der Waals surface area (Å²) in [6, 6.07) is 7.44. The molecule has 2 aromatic rings.